The number of hydrogen-bond donors (Lipinski definition) is 1. The molecule has 0 aromatic heterocycles. The predicted molar refractivity (Wildman–Crippen MR) is 126 cm³/mol. The third-order valence-electron chi connectivity index (χ3n) is 6.87. The molecule has 2 aromatic carbocycles. The van der Waals surface area contributed by atoms with Gasteiger partial charge in [0.15, 0.2) is 0 Å². The van der Waals surface area contributed by atoms with Crippen LogP contribution in [0, 0.1) is 11.6 Å². The zero-order valence-electron chi connectivity index (χ0n) is 19.6. The number of benzene rings is 2. The van der Waals surface area contributed by atoms with Gasteiger partial charge in [0, 0.05) is 57.9 Å². The molecule has 34 heavy (non-hydrogen) atoms. The van der Waals surface area contributed by atoms with Gasteiger partial charge in [-0.05, 0) is 37.5 Å². The van der Waals surface area contributed by atoms with Crippen LogP contribution in [-0.4, -0.2) is 77.9 Å². The molecule has 0 radical (unpaired) electrons. The number of likely N-dealkylation sites (tertiary alicyclic amines) is 1. The summed E-state index contributed by atoms with van der Waals surface area (Å²) in [6, 6.07) is 13.3. The molecule has 2 amide bonds. The average molecular weight is 471 g/mol. The van der Waals surface area contributed by atoms with Gasteiger partial charge in [-0.25, -0.2) is 8.78 Å². The van der Waals surface area contributed by atoms with E-state index in [2.05, 4.69) is 34.5 Å². The number of rotatable bonds is 6. The summed E-state index contributed by atoms with van der Waals surface area (Å²) in [5, 5.41) is 3.20. The monoisotopic (exact) mass is 470 g/mol. The van der Waals surface area contributed by atoms with E-state index >= 15 is 0 Å². The van der Waals surface area contributed by atoms with E-state index in [4.69, 9.17) is 0 Å². The number of hydrogen-bond acceptors (Lipinski definition) is 4. The number of halogens is 2. The first-order valence-electron chi connectivity index (χ1n) is 12.0. The summed E-state index contributed by atoms with van der Waals surface area (Å²) in [5.74, 6) is -2.00. The van der Waals surface area contributed by atoms with Crippen molar-refractivity contribution in [3.63, 3.8) is 0 Å². The average Bonchev–Trinajstić information content (AvgIpc) is 2.85. The van der Waals surface area contributed by atoms with Crippen molar-refractivity contribution < 1.29 is 18.4 Å². The van der Waals surface area contributed by atoms with Crippen molar-refractivity contribution in [2.24, 2.45) is 0 Å². The van der Waals surface area contributed by atoms with Crippen LogP contribution in [0.4, 0.5) is 8.78 Å². The lowest BCUT2D eigenvalue weighted by atomic mass is 10.0. The summed E-state index contributed by atoms with van der Waals surface area (Å²) in [4.78, 5) is 31.5. The van der Waals surface area contributed by atoms with Crippen molar-refractivity contribution in [2.75, 3.05) is 39.3 Å². The topological polar surface area (TPSA) is 55.9 Å². The smallest absolute Gasteiger partial charge is 0.256 e. The minimum absolute atomic E-state index is 0.00543. The molecule has 8 heteroatoms. The Kier molecular flexibility index (Phi) is 7.90. The van der Waals surface area contributed by atoms with E-state index < -0.39 is 17.5 Å². The summed E-state index contributed by atoms with van der Waals surface area (Å²) in [5.41, 5.74) is 1.18. The second-order valence-corrected chi connectivity index (χ2v) is 9.17. The Hall–Kier alpha value is -2.84. The molecular weight excluding hydrogens is 438 g/mol. The predicted octanol–water partition coefficient (Wildman–Crippen LogP) is 2.89. The fourth-order valence-electron chi connectivity index (χ4n) is 4.71. The van der Waals surface area contributed by atoms with Gasteiger partial charge in [0.1, 0.15) is 11.6 Å². The van der Waals surface area contributed by atoms with E-state index in [0.717, 1.165) is 44.6 Å². The number of nitrogens with one attached hydrogen (secondary N) is 1. The van der Waals surface area contributed by atoms with Crippen LogP contribution in [0.15, 0.2) is 48.5 Å². The Bertz CT molecular complexity index is 988. The summed E-state index contributed by atoms with van der Waals surface area (Å²) < 4.78 is 27.1. The van der Waals surface area contributed by atoms with Crippen LogP contribution < -0.4 is 5.32 Å². The van der Waals surface area contributed by atoms with Crippen LogP contribution in [-0.2, 0) is 11.3 Å². The Balaban J connectivity index is 1.21. The lowest BCUT2D eigenvalue weighted by Gasteiger charge is -2.38. The maximum absolute atomic E-state index is 14.0. The molecule has 2 aliphatic heterocycles. The Morgan fingerprint density at radius 1 is 0.971 bits per heavy atom. The highest BCUT2D eigenvalue weighted by Gasteiger charge is 2.30. The number of nitrogens with zero attached hydrogens (tertiary/aromatic N) is 3. The van der Waals surface area contributed by atoms with Crippen LogP contribution >= 0.6 is 0 Å². The molecular formula is C26H32F2N4O2. The zero-order chi connectivity index (χ0) is 24.1. The summed E-state index contributed by atoms with van der Waals surface area (Å²) in [6.45, 7) is 6.57. The molecule has 0 spiro atoms. The molecule has 2 aromatic rings. The van der Waals surface area contributed by atoms with Crippen molar-refractivity contribution in [1.82, 2.24) is 20.0 Å². The Labute approximate surface area is 199 Å². The molecule has 2 saturated heterocycles. The highest BCUT2D eigenvalue weighted by atomic mass is 19.1. The van der Waals surface area contributed by atoms with Gasteiger partial charge < -0.3 is 10.2 Å². The van der Waals surface area contributed by atoms with Gasteiger partial charge in [0.05, 0.1) is 11.6 Å². The van der Waals surface area contributed by atoms with Crippen molar-refractivity contribution in [3.8, 4) is 0 Å². The van der Waals surface area contributed by atoms with Crippen LogP contribution in [0.5, 0.6) is 0 Å². The molecule has 0 aliphatic carbocycles. The zero-order valence-corrected chi connectivity index (χ0v) is 19.6. The first-order valence-corrected chi connectivity index (χ1v) is 12.0. The van der Waals surface area contributed by atoms with Crippen molar-refractivity contribution in [2.45, 2.75) is 38.4 Å². The third kappa shape index (κ3) is 5.98. The molecule has 1 unspecified atom stereocenters. The van der Waals surface area contributed by atoms with E-state index in [1.807, 2.05) is 17.9 Å². The molecule has 2 heterocycles. The molecule has 1 N–H and O–H groups in total. The van der Waals surface area contributed by atoms with Crippen LogP contribution in [0.25, 0.3) is 0 Å². The summed E-state index contributed by atoms with van der Waals surface area (Å²) in [6.07, 6.45) is 1.85. The normalized spacial score (nSPS) is 19.1. The van der Waals surface area contributed by atoms with Gasteiger partial charge >= 0.3 is 0 Å². The Morgan fingerprint density at radius 3 is 2.29 bits per heavy atom. The van der Waals surface area contributed by atoms with Gasteiger partial charge in [-0.3, -0.25) is 19.4 Å². The molecule has 0 bridgehead atoms. The van der Waals surface area contributed by atoms with Crippen LogP contribution in [0.2, 0.25) is 0 Å². The van der Waals surface area contributed by atoms with Gasteiger partial charge in [-0.15, -0.1) is 0 Å². The fraction of sp³-hybridized carbons (Fsp3) is 0.462. The number of piperazine rings is 1. The summed E-state index contributed by atoms with van der Waals surface area (Å²) >= 11 is 0. The minimum atomic E-state index is -0.852. The number of piperidine rings is 1. The molecule has 4 rings (SSSR count). The van der Waals surface area contributed by atoms with E-state index in [1.165, 1.54) is 11.6 Å². The highest BCUT2D eigenvalue weighted by Crippen LogP contribution is 2.17. The SMILES string of the molecule is CC(C(=O)NC1CCN(Cc2ccccc2)CC1)N1CCN(C(=O)c2ccc(F)cc2F)CC1. The first kappa shape index (κ1) is 24.3. The molecule has 1 atom stereocenters. The lowest BCUT2D eigenvalue weighted by Crippen LogP contribution is -2.56. The largest absolute Gasteiger partial charge is 0.352 e. The van der Waals surface area contributed by atoms with Crippen molar-refractivity contribution in [1.29, 1.82) is 0 Å². The fourth-order valence-corrected chi connectivity index (χ4v) is 4.71. The van der Waals surface area contributed by atoms with E-state index in [-0.39, 0.29) is 23.6 Å². The number of carbonyl (C=O) groups is 2. The summed E-state index contributed by atoms with van der Waals surface area (Å²) in [7, 11) is 0. The third-order valence-corrected chi connectivity index (χ3v) is 6.87. The molecule has 6 nitrogen and oxygen atoms in total. The van der Waals surface area contributed by atoms with Gasteiger partial charge in [-0.1, -0.05) is 30.3 Å². The van der Waals surface area contributed by atoms with E-state index in [0.29, 0.717) is 26.2 Å². The molecule has 182 valence electrons. The van der Waals surface area contributed by atoms with Gasteiger partial charge in [0.25, 0.3) is 5.91 Å². The first-order chi connectivity index (χ1) is 16.4. The minimum Gasteiger partial charge on any atom is -0.352 e. The number of carbonyl (C=O) groups excluding carboxylic acids is 2. The quantitative estimate of drug-likeness (QED) is 0.706. The van der Waals surface area contributed by atoms with Gasteiger partial charge in [-0.2, -0.15) is 0 Å². The standard InChI is InChI=1S/C26H32F2N4O2/c1-19(25(33)29-22-9-11-30(12-10-22)18-20-5-3-2-4-6-20)31-13-15-32(16-14-31)26(34)23-8-7-21(27)17-24(23)28/h2-8,17,19,22H,9-16,18H2,1H3,(H,29,33). The maximum Gasteiger partial charge on any atom is 0.256 e. The van der Waals surface area contributed by atoms with Gasteiger partial charge in [0.2, 0.25) is 5.91 Å². The maximum atomic E-state index is 14.0. The molecule has 0 saturated carbocycles. The van der Waals surface area contributed by atoms with Crippen molar-refractivity contribution >= 4 is 11.8 Å². The van der Waals surface area contributed by atoms with Crippen molar-refractivity contribution in [3.05, 3.63) is 71.3 Å². The Morgan fingerprint density at radius 2 is 1.65 bits per heavy atom. The molecule has 2 fully saturated rings. The lowest BCUT2D eigenvalue weighted by molar-refractivity contribution is -0.127. The van der Waals surface area contributed by atoms with Crippen LogP contribution in [0.3, 0.4) is 0 Å². The van der Waals surface area contributed by atoms with E-state index in [9.17, 15) is 18.4 Å². The second-order valence-electron chi connectivity index (χ2n) is 9.17. The van der Waals surface area contributed by atoms with Crippen LogP contribution in [0.1, 0.15) is 35.7 Å². The molecule has 2 aliphatic rings. The second kappa shape index (κ2) is 11.1. The van der Waals surface area contributed by atoms with E-state index in [1.54, 1.807) is 4.90 Å². The number of amides is 2. The highest BCUT2D eigenvalue weighted by molar-refractivity contribution is 5.94.